The Labute approximate surface area is 107 Å². The zero-order chi connectivity index (χ0) is 13.0. The van der Waals surface area contributed by atoms with Gasteiger partial charge in [0.1, 0.15) is 5.82 Å². The summed E-state index contributed by atoms with van der Waals surface area (Å²) < 4.78 is 5.60. The normalized spacial score (nSPS) is 16.3. The van der Waals surface area contributed by atoms with Crippen LogP contribution in [0, 0.1) is 5.92 Å². The van der Waals surface area contributed by atoms with E-state index in [2.05, 4.69) is 10.3 Å². The Hall–Kier alpha value is -1.49. The molecular weight excluding hydrogens is 230 g/mol. The van der Waals surface area contributed by atoms with E-state index in [1.165, 1.54) is 12.8 Å². The van der Waals surface area contributed by atoms with Crippen molar-refractivity contribution in [3.8, 4) is 5.88 Å². The zero-order valence-corrected chi connectivity index (χ0v) is 10.7. The van der Waals surface area contributed by atoms with Crippen LogP contribution in [0.3, 0.4) is 0 Å². The third-order valence-electron chi connectivity index (χ3n) is 2.91. The fraction of sp³-hybridized carbons (Fsp3) is 0.615. The minimum atomic E-state index is -0.308. The summed E-state index contributed by atoms with van der Waals surface area (Å²) in [4.78, 5) is 4.33. The van der Waals surface area contributed by atoms with E-state index in [4.69, 9.17) is 10.5 Å². The number of hydrogen-bond donors (Lipinski definition) is 3. The van der Waals surface area contributed by atoms with E-state index in [9.17, 15) is 5.11 Å². The number of ether oxygens (including phenoxy) is 1. The molecule has 4 N–H and O–H groups in total. The first kappa shape index (κ1) is 13.0. The Kier molecular flexibility index (Phi) is 4.25. The highest BCUT2D eigenvalue weighted by Crippen LogP contribution is 2.30. The topological polar surface area (TPSA) is 80.4 Å². The number of aromatic nitrogens is 1. The Morgan fingerprint density at radius 2 is 2.33 bits per heavy atom. The Bertz CT molecular complexity index is 392. The second-order valence-electron chi connectivity index (χ2n) is 4.91. The molecule has 1 atom stereocenters. The quantitative estimate of drug-likeness (QED) is 0.686. The van der Waals surface area contributed by atoms with E-state index in [1.807, 2.05) is 6.07 Å². The van der Waals surface area contributed by atoms with Crippen molar-refractivity contribution in [2.45, 2.75) is 32.3 Å². The van der Waals surface area contributed by atoms with Crippen molar-refractivity contribution < 1.29 is 9.84 Å². The number of aliphatic hydroxyl groups excluding tert-OH is 1. The van der Waals surface area contributed by atoms with Crippen LogP contribution >= 0.6 is 0 Å². The van der Waals surface area contributed by atoms with E-state index in [1.54, 1.807) is 13.0 Å². The minimum absolute atomic E-state index is 0.308. The van der Waals surface area contributed by atoms with Crippen molar-refractivity contribution >= 4 is 11.5 Å². The van der Waals surface area contributed by atoms with Gasteiger partial charge in [0, 0.05) is 6.54 Å². The molecule has 1 aliphatic carbocycles. The number of nitrogens with zero attached hydrogens (tertiary/aromatic N) is 1. The van der Waals surface area contributed by atoms with Gasteiger partial charge in [0.2, 0.25) is 5.88 Å². The highest BCUT2D eigenvalue weighted by molar-refractivity contribution is 5.53. The van der Waals surface area contributed by atoms with E-state index in [0.29, 0.717) is 37.1 Å². The maximum absolute atomic E-state index is 9.18. The standard InChI is InChI=1S/C13H21N3O2/c1-9(17)6-7-15-12-5-4-11(14)13(16-12)18-8-10-2-3-10/h4-5,9-10,17H,2-3,6-8,14H2,1H3,(H,15,16). The fourth-order valence-corrected chi connectivity index (χ4v) is 1.56. The largest absolute Gasteiger partial charge is 0.476 e. The predicted octanol–water partition coefficient (Wildman–Crippen LogP) is 1.64. The average molecular weight is 251 g/mol. The summed E-state index contributed by atoms with van der Waals surface area (Å²) in [5.74, 6) is 1.91. The van der Waals surface area contributed by atoms with Gasteiger partial charge in [-0.15, -0.1) is 0 Å². The van der Waals surface area contributed by atoms with Crippen LogP contribution in [0.15, 0.2) is 12.1 Å². The molecule has 0 spiro atoms. The third-order valence-corrected chi connectivity index (χ3v) is 2.91. The lowest BCUT2D eigenvalue weighted by Crippen LogP contribution is -2.11. The molecule has 1 aliphatic rings. The molecule has 1 aromatic rings. The summed E-state index contributed by atoms with van der Waals surface area (Å²) in [6.07, 6.45) is 2.86. The predicted molar refractivity (Wildman–Crippen MR) is 71.7 cm³/mol. The number of hydrogen-bond acceptors (Lipinski definition) is 5. The molecule has 100 valence electrons. The molecular formula is C13H21N3O2. The van der Waals surface area contributed by atoms with Crippen LogP contribution in [0.2, 0.25) is 0 Å². The summed E-state index contributed by atoms with van der Waals surface area (Å²) in [7, 11) is 0. The smallest absolute Gasteiger partial charge is 0.239 e. The molecule has 5 heteroatoms. The first-order valence-corrected chi connectivity index (χ1v) is 6.46. The van der Waals surface area contributed by atoms with Gasteiger partial charge in [-0.1, -0.05) is 0 Å². The molecule has 18 heavy (non-hydrogen) atoms. The molecule has 1 fully saturated rings. The van der Waals surface area contributed by atoms with Crippen molar-refractivity contribution in [2.24, 2.45) is 5.92 Å². The van der Waals surface area contributed by atoms with Crippen molar-refractivity contribution in [1.82, 2.24) is 4.98 Å². The third kappa shape index (κ3) is 4.07. The number of anilines is 2. The van der Waals surface area contributed by atoms with Crippen LogP contribution in [0.1, 0.15) is 26.2 Å². The van der Waals surface area contributed by atoms with Crippen LogP contribution in [-0.4, -0.2) is 29.3 Å². The summed E-state index contributed by atoms with van der Waals surface area (Å²) in [5.41, 5.74) is 6.38. The summed E-state index contributed by atoms with van der Waals surface area (Å²) in [6.45, 7) is 3.15. The first-order chi connectivity index (χ1) is 8.65. The van der Waals surface area contributed by atoms with Crippen LogP contribution in [0.4, 0.5) is 11.5 Å². The molecule has 0 radical (unpaired) electrons. The molecule has 0 aromatic carbocycles. The van der Waals surface area contributed by atoms with Crippen molar-refractivity contribution in [2.75, 3.05) is 24.2 Å². The SMILES string of the molecule is CC(O)CCNc1ccc(N)c(OCC2CC2)n1. The van der Waals surface area contributed by atoms with Crippen molar-refractivity contribution in [3.63, 3.8) is 0 Å². The zero-order valence-electron chi connectivity index (χ0n) is 10.7. The Morgan fingerprint density at radius 1 is 1.56 bits per heavy atom. The highest BCUT2D eigenvalue weighted by Gasteiger charge is 2.22. The first-order valence-electron chi connectivity index (χ1n) is 6.46. The van der Waals surface area contributed by atoms with Crippen LogP contribution in [0.5, 0.6) is 5.88 Å². The van der Waals surface area contributed by atoms with E-state index < -0.39 is 0 Å². The number of pyridine rings is 1. The van der Waals surface area contributed by atoms with E-state index in [0.717, 1.165) is 5.82 Å². The molecule has 1 aromatic heterocycles. The number of aliphatic hydroxyl groups is 1. The molecule has 2 rings (SSSR count). The highest BCUT2D eigenvalue weighted by atomic mass is 16.5. The Balaban J connectivity index is 1.87. The van der Waals surface area contributed by atoms with Gasteiger partial charge in [-0.05, 0) is 44.2 Å². The lowest BCUT2D eigenvalue weighted by molar-refractivity contribution is 0.188. The van der Waals surface area contributed by atoms with Gasteiger partial charge in [0.05, 0.1) is 18.4 Å². The van der Waals surface area contributed by atoms with E-state index >= 15 is 0 Å². The molecule has 1 heterocycles. The van der Waals surface area contributed by atoms with Crippen LogP contribution in [0.25, 0.3) is 0 Å². The Morgan fingerprint density at radius 3 is 3.00 bits per heavy atom. The van der Waals surface area contributed by atoms with E-state index in [-0.39, 0.29) is 6.10 Å². The number of nitrogens with one attached hydrogen (secondary N) is 1. The van der Waals surface area contributed by atoms with Crippen molar-refractivity contribution in [1.29, 1.82) is 0 Å². The molecule has 0 aliphatic heterocycles. The average Bonchev–Trinajstić information content (AvgIpc) is 3.13. The van der Waals surface area contributed by atoms with Crippen molar-refractivity contribution in [3.05, 3.63) is 12.1 Å². The minimum Gasteiger partial charge on any atom is -0.476 e. The van der Waals surface area contributed by atoms with Gasteiger partial charge >= 0.3 is 0 Å². The van der Waals surface area contributed by atoms with Gasteiger partial charge in [-0.25, -0.2) is 0 Å². The lowest BCUT2D eigenvalue weighted by atomic mass is 10.3. The maximum Gasteiger partial charge on any atom is 0.239 e. The molecule has 0 bridgehead atoms. The fourth-order valence-electron chi connectivity index (χ4n) is 1.56. The second-order valence-corrected chi connectivity index (χ2v) is 4.91. The summed E-state index contributed by atoms with van der Waals surface area (Å²) >= 11 is 0. The van der Waals surface area contributed by atoms with Gasteiger partial charge in [-0.2, -0.15) is 4.98 Å². The molecule has 0 amide bonds. The summed E-state index contributed by atoms with van der Waals surface area (Å²) in [6, 6.07) is 3.61. The van der Waals surface area contributed by atoms with Gasteiger partial charge < -0.3 is 20.9 Å². The molecule has 1 saturated carbocycles. The van der Waals surface area contributed by atoms with Crippen LogP contribution in [-0.2, 0) is 0 Å². The number of nitrogens with two attached hydrogens (primary N) is 1. The van der Waals surface area contributed by atoms with Gasteiger partial charge in [0.25, 0.3) is 0 Å². The van der Waals surface area contributed by atoms with Gasteiger partial charge in [-0.3, -0.25) is 0 Å². The molecule has 0 saturated heterocycles. The lowest BCUT2D eigenvalue weighted by Gasteiger charge is -2.11. The monoisotopic (exact) mass is 251 g/mol. The molecule has 5 nitrogen and oxygen atoms in total. The van der Waals surface area contributed by atoms with Crippen LogP contribution < -0.4 is 15.8 Å². The molecule has 1 unspecified atom stereocenters. The summed E-state index contributed by atoms with van der Waals surface area (Å²) in [5, 5.41) is 12.3. The number of rotatable bonds is 7. The second kappa shape index (κ2) is 5.91. The number of nitrogen functional groups attached to an aromatic ring is 1. The van der Waals surface area contributed by atoms with Gasteiger partial charge in [0.15, 0.2) is 0 Å². The maximum atomic E-state index is 9.18.